The molecule has 2 aliphatic rings. The number of hydrogen-bond acceptors (Lipinski definition) is 4. The molecule has 0 aliphatic carbocycles. The number of ether oxygens (including phenoxy) is 1. The van der Waals surface area contributed by atoms with Crippen molar-refractivity contribution in [1.82, 2.24) is 20.0 Å². The summed E-state index contributed by atoms with van der Waals surface area (Å²) in [5.41, 5.74) is 0.0199. The van der Waals surface area contributed by atoms with E-state index in [0.29, 0.717) is 23.2 Å². The zero-order valence-corrected chi connectivity index (χ0v) is 13.3. The summed E-state index contributed by atoms with van der Waals surface area (Å²) in [6.07, 6.45) is 2.15. The molecule has 0 aromatic carbocycles. The summed E-state index contributed by atoms with van der Waals surface area (Å²) in [4.78, 5) is 14.5. The second-order valence-corrected chi connectivity index (χ2v) is 6.59. The van der Waals surface area contributed by atoms with E-state index >= 15 is 0 Å². The molecule has 3 heterocycles. The van der Waals surface area contributed by atoms with E-state index in [0.717, 1.165) is 25.7 Å². The lowest BCUT2D eigenvalue weighted by Gasteiger charge is -2.36. The fourth-order valence-corrected chi connectivity index (χ4v) is 3.23. The molecule has 2 aliphatic heterocycles. The normalized spacial score (nSPS) is 28.3. The lowest BCUT2D eigenvalue weighted by Crippen LogP contribution is -2.48. The summed E-state index contributed by atoms with van der Waals surface area (Å²) in [7, 11) is 0. The number of aromatic nitrogens is 2. The van der Waals surface area contributed by atoms with E-state index in [1.54, 1.807) is 0 Å². The summed E-state index contributed by atoms with van der Waals surface area (Å²) in [5.74, 6) is 0.0541. The Morgan fingerprint density at radius 3 is 2.87 bits per heavy atom. The number of carbonyl (C=O) groups excluding carboxylic acids is 1. The van der Waals surface area contributed by atoms with Gasteiger partial charge < -0.3 is 10.1 Å². The van der Waals surface area contributed by atoms with E-state index < -0.39 is 12.5 Å². The average molecular weight is 328 g/mol. The Balaban J connectivity index is 1.56. The van der Waals surface area contributed by atoms with Crippen LogP contribution in [0.4, 0.5) is 8.78 Å². The fraction of sp³-hybridized carbons (Fsp3) is 0.733. The van der Waals surface area contributed by atoms with Crippen LogP contribution in [0.2, 0.25) is 0 Å². The first-order valence-corrected chi connectivity index (χ1v) is 7.94. The molecule has 0 radical (unpaired) electrons. The maximum absolute atomic E-state index is 12.5. The molecule has 1 aromatic rings. The zero-order valence-electron chi connectivity index (χ0n) is 13.3. The first kappa shape index (κ1) is 16.3. The van der Waals surface area contributed by atoms with Crippen LogP contribution >= 0.6 is 0 Å². The third kappa shape index (κ3) is 3.53. The number of halogens is 2. The molecule has 23 heavy (non-hydrogen) atoms. The van der Waals surface area contributed by atoms with Gasteiger partial charge in [0, 0.05) is 31.4 Å². The minimum Gasteiger partial charge on any atom is -0.375 e. The van der Waals surface area contributed by atoms with Gasteiger partial charge in [0.25, 0.3) is 5.91 Å². The number of alkyl halides is 2. The minimum atomic E-state index is -2.73. The van der Waals surface area contributed by atoms with Crippen LogP contribution in [-0.2, 0) is 4.74 Å². The topological polar surface area (TPSA) is 59.4 Å². The van der Waals surface area contributed by atoms with Gasteiger partial charge in [-0.05, 0) is 18.4 Å². The van der Waals surface area contributed by atoms with E-state index in [4.69, 9.17) is 4.74 Å². The Morgan fingerprint density at radius 1 is 1.43 bits per heavy atom. The van der Waals surface area contributed by atoms with Crippen LogP contribution in [0.25, 0.3) is 0 Å². The monoisotopic (exact) mass is 328 g/mol. The van der Waals surface area contributed by atoms with Crippen molar-refractivity contribution in [2.45, 2.75) is 45.0 Å². The van der Waals surface area contributed by atoms with Gasteiger partial charge in [0.15, 0.2) is 0 Å². The maximum atomic E-state index is 12.5. The summed E-state index contributed by atoms with van der Waals surface area (Å²) in [5, 5.41) is 6.48. The Labute approximate surface area is 133 Å². The van der Waals surface area contributed by atoms with E-state index in [-0.39, 0.29) is 17.8 Å². The number of hydrogen-bond donors (Lipinski definition) is 1. The third-order valence-electron chi connectivity index (χ3n) is 4.56. The number of morpholine rings is 1. The summed E-state index contributed by atoms with van der Waals surface area (Å²) < 4.78 is 31.3. The molecule has 0 saturated carbocycles. The summed E-state index contributed by atoms with van der Waals surface area (Å²) >= 11 is 0. The third-order valence-corrected chi connectivity index (χ3v) is 4.56. The van der Waals surface area contributed by atoms with Crippen molar-refractivity contribution in [3.8, 4) is 0 Å². The second kappa shape index (κ2) is 6.52. The number of rotatable bonds is 4. The van der Waals surface area contributed by atoms with E-state index in [1.807, 2.05) is 0 Å². The first-order valence-electron chi connectivity index (χ1n) is 7.94. The van der Waals surface area contributed by atoms with Gasteiger partial charge in [0.05, 0.1) is 12.7 Å². The van der Waals surface area contributed by atoms with Gasteiger partial charge in [-0.3, -0.25) is 9.69 Å². The Morgan fingerprint density at radius 2 is 2.22 bits per heavy atom. The lowest BCUT2D eigenvalue weighted by molar-refractivity contribution is -0.0683. The molecule has 2 saturated heterocycles. The van der Waals surface area contributed by atoms with Crippen LogP contribution in [0.3, 0.4) is 0 Å². The van der Waals surface area contributed by atoms with Gasteiger partial charge in [-0.1, -0.05) is 13.8 Å². The molecule has 2 fully saturated rings. The van der Waals surface area contributed by atoms with Crippen molar-refractivity contribution in [3.63, 3.8) is 0 Å². The zero-order chi connectivity index (χ0) is 16.6. The molecule has 0 spiro atoms. The molecule has 1 N–H and O–H groups in total. The molecule has 0 unspecified atom stereocenters. The molecular weight excluding hydrogens is 306 g/mol. The Kier molecular flexibility index (Phi) is 4.63. The van der Waals surface area contributed by atoms with Gasteiger partial charge in [-0.15, -0.1) is 0 Å². The standard InChI is InChI=1S/C15H22F2N4O2/c1-9(2)13-7-20-6-10(5-11(20)8-23-13)18-14(22)12-3-4-21(19-12)15(16)17/h3-4,9-11,13,15H,5-8H2,1-2H3,(H,18,22)/t10-,11-,13+/m0/s1. The molecule has 128 valence electrons. The lowest BCUT2D eigenvalue weighted by atomic mass is 10.0. The molecule has 1 amide bonds. The predicted octanol–water partition coefficient (Wildman–Crippen LogP) is 1.51. The highest BCUT2D eigenvalue weighted by molar-refractivity contribution is 5.92. The summed E-state index contributed by atoms with van der Waals surface area (Å²) in [6.45, 7) is 3.85. The smallest absolute Gasteiger partial charge is 0.333 e. The fourth-order valence-electron chi connectivity index (χ4n) is 3.23. The average Bonchev–Trinajstić information content (AvgIpc) is 3.12. The van der Waals surface area contributed by atoms with E-state index in [2.05, 4.69) is 29.2 Å². The quantitative estimate of drug-likeness (QED) is 0.910. The molecule has 1 aromatic heterocycles. The molecule has 6 nitrogen and oxygen atoms in total. The van der Waals surface area contributed by atoms with Gasteiger partial charge in [0.2, 0.25) is 0 Å². The first-order chi connectivity index (χ1) is 10.9. The van der Waals surface area contributed by atoms with Gasteiger partial charge >= 0.3 is 6.55 Å². The largest absolute Gasteiger partial charge is 0.375 e. The Bertz CT molecular complexity index is 563. The number of amides is 1. The number of nitrogens with zero attached hydrogens (tertiary/aromatic N) is 3. The van der Waals surface area contributed by atoms with Crippen molar-refractivity contribution in [2.75, 3.05) is 19.7 Å². The number of nitrogens with one attached hydrogen (secondary N) is 1. The van der Waals surface area contributed by atoms with Crippen molar-refractivity contribution < 1.29 is 18.3 Å². The molecule has 0 bridgehead atoms. The molecule has 8 heteroatoms. The van der Waals surface area contributed by atoms with Gasteiger partial charge in [0.1, 0.15) is 5.69 Å². The summed E-state index contributed by atoms with van der Waals surface area (Å²) in [6, 6.07) is 1.62. The number of fused-ring (bicyclic) bond motifs is 1. The predicted molar refractivity (Wildman–Crippen MR) is 79.3 cm³/mol. The van der Waals surface area contributed by atoms with Gasteiger partial charge in [-0.2, -0.15) is 13.9 Å². The second-order valence-electron chi connectivity index (χ2n) is 6.59. The highest BCUT2D eigenvalue weighted by Crippen LogP contribution is 2.26. The SMILES string of the molecule is CC(C)[C@H]1CN2C[C@@H](NC(=O)c3ccn(C(F)F)n3)C[C@H]2CO1. The van der Waals surface area contributed by atoms with Crippen LogP contribution in [0.15, 0.2) is 12.3 Å². The number of carbonyl (C=O) groups is 1. The van der Waals surface area contributed by atoms with Crippen molar-refractivity contribution in [3.05, 3.63) is 18.0 Å². The van der Waals surface area contributed by atoms with Crippen LogP contribution in [-0.4, -0.2) is 58.5 Å². The van der Waals surface area contributed by atoms with Crippen molar-refractivity contribution in [2.24, 2.45) is 5.92 Å². The van der Waals surface area contributed by atoms with E-state index in [1.165, 1.54) is 6.07 Å². The van der Waals surface area contributed by atoms with Crippen molar-refractivity contribution in [1.29, 1.82) is 0 Å². The van der Waals surface area contributed by atoms with Crippen LogP contribution in [0.5, 0.6) is 0 Å². The van der Waals surface area contributed by atoms with Gasteiger partial charge in [-0.25, -0.2) is 4.68 Å². The minimum absolute atomic E-state index is 0.00119. The highest BCUT2D eigenvalue weighted by Gasteiger charge is 2.38. The Hall–Kier alpha value is -1.54. The van der Waals surface area contributed by atoms with Crippen molar-refractivity contribution >= 4 is 5.91 Å². The van der Waals surface area contributed by atoms with Crippen LogP contribution in [0, 0.1) is 5.92 Å². The molecule has 3 rings (SSSR count). The highest BCUT2D eigenvalue weighted by atomic mass is 19.3. The molecular formula is C15H22F2N4O2. The van der Waals surface area contributed by atoms with E-state index in [9.17, 15) is 13.6 Å². The van der Waals surface area contributed by atoms with Crippen LogP contribution < -0.4 is 5.32 Å². The maximum Gasteiger partial charge on any atom is 0.333 e. The van der Waals surface area contributed by atoms with Crippen LogP contribution in [0.1, 0.15) is 37.3 Å². The molecule has 3 atom stereocenters.